The topological polar surface area (TPSA) is 127 Å². The van der Waals surface area contributed by atoms with Crippen LogP contribution in [-0.2, 0) is 12.7 Å². The average molecular weight is 593 g/mol. The van der Waals surface area contributed by atoms with Crippen molar-refractivity contribution in [2.75, 3.05) is 5.32 Å². The van der Waals surface area contributed by atoms with E-state index >= 15 is 0 Å². The number of primary amides is 1. The zero-order valence-electron chi connectivity index (χ0n) is 19.1. The Morgan fingerprint density at radius 1 is 1.16 bits per heavy atom. The fourth-order valence-electron chi connectivity index (χ4n) is 3.71. The normalized spacial score (nSPS) is 11.4. The first-order chi connectivity index (χ1) is 17.8. The number of hydrogen-bond acceptors (Lipinski definition) is 5. The molecule has 0 fully saturated rings. The summed E-state index contributed by atoms with van der Waals surface area (Å²) in [6.07, 6.45) is -5.05. The van der Waals surface area contributed by atoms with Crippen LogP contribution in [0.15, 0.2) is 40.9 Å². The van der Waals surface area contributed by atoms with Gasteiger partial charge >= 0.3 is 6.18 Å². The van der Waals surface area contributed by atoms with Gasteiger partial charge in [0.1, 0.15) is 17.3 Å². The summed E-state index contributed by atoms with van der Waals surface area (Å²) in [5, 5.41) is 14.7. The molecule has 8 nitrogen and oxygen atoms in total. The van der Waals surface area contributed by atoms with E-state index < -0.39 is 53.1 Å². The second kappa shape index (κ2) is 9.82. The van der Waals surface area contributed by atoms with Gasteiger partial charge in [-0.2, -0.15) is 23.5 Å². The molecular weight excluding hydrogens is 579 g/mol. The smallest absolute Gasteiger partial charge is 0.364 e. The summed E-state index contributed by atoms with van der Waals surface area (Å²) in [5.74, 6) is -4.30. The van der Waals surface area contributed by atoms with Crippen LogP contribution in [0, 0.1) is 29.9 Å². The van der Waals surface area contributed by atoms with E-state index in [2.05, 4.69) is 31.3 Å². The molecule has 0 bridgehead atoms. The van der Waals surface area contributed by atoms with E-state index in [0.29, 0.717) is 9.15 Å². The van der Waals surface area contributed by atoms with Crippen LogP contribution in [0.2, 0.25) is 0 Å². The fourth-order valence-corrected chi connectivity index (χ4v) is 4.07. The average Bonchev–Trinajstić information content (AvgIpc) is 3.15. The summed E-state index contributed by atoms with van der Waals surface area (Å²) in [5.41, 5.74) is 1.54. The minimum absolute atomic E-state index is 0.185. The Bertz CT molecular complexity index is 1650. The number of aromatic nitrogens is 3. The van der Waals surface area contributed by atoms with E-state index in [1.54, 1.807) is 12.1 Å². The number of nitrogens with two attached hydrogens (primary N) is 1. The Hall–Kier alpha value is -4.38. The maximum atomic E-state index is 14.4. The Labute approximate surface area is 219 Å². The SMILES string of the molecule is Cc1c(NC(=O)c2cc(C(N)=O)nc3ccc(Br)cc23)c(C(F)(F)F)nn1Cc1c(F)cc(C#N)cc1F. The highest BCUT2D eigenvalue weighted by atomic mass is 79.9. The summed E-state index contributed by atoms with van der Waals surface area (Å²) in [4.78, 5) is 29.0. The van der Waals surface area contributed by atoms with Crippen LogP contribution < -0.4 is 11.1 Å². The number of nitrogens with one attached hydrogen (secondary N) is 1. The first-order valence-corrected chi connectivity index (χ1v) is 11.3. The van der Waals surface area contributed by atoms with Gasteiger partial charge in [0, 0.05) is 15.4 Å². The lowest BCUT2D eigenvalue weighted by Gasteiger charge is -2.12. The number of alkyl halides is 3. The monoisotopic (exact) mass is 592 g/mol. The number of nitrogens with zero attached hydrogens (tertiary/aromatic N) is 4. The molecule has 14 heteroatoms. The predicted octanol–water partition coefficient (Wildman–Crippen LogP) is 5.07. The van der Waals surface area contributed by atoms with Crippen LogP contribution in [0.3, 0.4) is 0 Å². The van der Waals surface area contributed by atoms with Gasteiger partial charge in [-0.1, -0.05) is 15.9 Å². The minimum Gasteiger partial charge on any atom is -0.364 e. The van der Waals surface area contributed by atoms with Crippen molar-refractivity contribution in [3.05, 3.63) is 86.3 Å². The maximum Gasteiger partial charge on any atom is 0.437 e. The van der Waals surface area contributed by atoms with Gasteiger partial charge in [-0.15, -0.1) is 0 Å². The number of amides is 2. The number of pyridine rings is 1. The molecule has 0 aliphatic heterocycles. The van der Waals surface area contributed by atoms with Gasteiger partial charge in [-0.05, 0) is 43.3 Å². The van der Waals surface area contributed by atoms with Crippen molar-refractivity contribution in [1.29, 1.82) is 5.26 Å². The molecule has 0 aliphatic carbocycles. The van der Waals surface area contributed by atoms with Gasteiger partial charge in [0.15, 0.2) is 5.69 Å². The van der Waals surface area contributed by atoms with Crippen LogP contribution in [0.25, 0.3) is 10.9 Å². The highest BCUT2D eigenvalue weighted by Gasteiger charge is 2.39. The van der Waals surface area contributed by atoms with E-state index in [1.807, 2.05) is 0 Å². The van der Waals surface area contributed by atoms with Crippen LogP contribution >= 0.6 is 15.9 Å². The van der Waals surface area contributed by atoms with Gasteiger partial charge in [0.05, 0.1) is 40.6 Å². The van der Waals surface area contributed by atoms with Crippen molar-refractivity contribution in [2.45, 2.75) is 19.6 Å². The van der Waals surface area contributed by atoms with E-state index in [0.717, 1.165) is 18.2 Å². The summed E-state index contributed by atoms with van der Waals surface area (Å²) in [6.45, 7) is 0.415. The first kappa shape index (κ1) is 26.7. The summed E-state index contributed by atoms with van der Waals surface area (Å²) in [6, 6.07) is 8.65. The van der Waals surface area contributed by atoms with Crippen LogP contribution in [0.1, 0.15) is 43.4 Å². The molecule has 4 aromatic rings. The molecule has 0 atom stereocenters. The number of anilines is 1. The molecule has 2 aromatic heterocycles. The highest BCUT2D eigenvalue weighted by molar-refractivity contribution is 9.10. The third-order valence-corrected chi connectivity index (χ3v) is 6.05. The van der Waals surface area contributed by atoms with Crippen molar-refractivity contribution in [1.82, 2.24) is 14.8 Å². The molecule has 38 heavy (non-hydrogen) atoms. The van der Waals surface area contributed by atoms with Gasteiger partial charge < -0.3 is 11.1 Å². The Morgan fingerprint density at radius 2 is 1.82 bits per heavy atom. The van der Waals surface area contributed by atoms with Crippen LogP contribution in [0.4, 0.5) is 27.6 Å². The van der Waals surface area contributed by atoms with Crippen molar-refractivity contribution in [3.8, 4) is 6.07 Å². The highest BCUT2D eigenvalue weighted by Crippen LogP contribution is 2.37. The minimum atomic E-state index is -5.05. The molecule has 0 spiro atoms. The van der Waals surface area contributed by atoms with Crippen molar-refractivity contribution < 1.29 is 31.5 Å². The molecule has 0 aliphatic rings. The summed E-state index contributed by atoms with van der Waals surface area (Å²) in [7, 11) is 0. The van der Waals surface area contributed by atoms with E-state index in [-0.39, 0.29) is 33.4 Å². The van der Waals surface area contributed by atoms with E-state index in [1.165, 1.54) is 19.1 Å². The van der Waals surface area contributed by atoms with Gasteiger partial charge in [-0.25, -0.2) is 13.8 Å². The Balaban J connectivity index is 1.81. The number of rotatable bonds is 5. The fraction of sp³-hybridized carbons (Fsp3) is 0.125. The Morgan fingerprint density at radius 3 is 2.39 bits per heavy atom. The molecule has 0 saturated carbocycles. The largest absolute Gasteiger partial charge is 0.437 e. The number of fused-ring (bicyclic) bond motifs is 1. The standard InChI is InChI=1S/C24H14BrF5N6O2/c1-10-20(34-23(38)14-7-19(22(32)37)33-18-3-2-12(25)6-13(14)18)21(24(28,29)30)35-36(10)9-15-16(26)4-11(8-31)5-17(15)27/h2-7H,9H2,1H3,(H2,32,37)(H,34,38). The molecule has 0 unspecified atom stereocenters. The Kier molecular flexibility index (Phi) is 6.90. The van der Waals surface area contributed by atoms with Crippen LogP contribution in [-0.4, -0.2) is 26.6 Å². The molecule has 0 radical (unpaired) electrons. The third kappa shape index (κ3) is 5.05. The first-order valence-electron chi connectivity index (χ1n) is 10.5. The predicted molar refractivity (Wildman–Crippen MR) is 128 cm³/mol. The van der Waals surface area contributed by atoms with Crippen molar-refractivity contribution in [2.24, 2.45) is 5.73 Å². The van der Waals surface area contributed by atoms with E-state index in [4.69, 9.17) is 11.0 Å². The zero-order chi connectivity index (χ0) is 27.9. The number of benzene rings is 2. The lowest BCUT2D eigenvalue weighted by Crippen LogP contribution is -2.19. The second-order valence-electron chi connectivity index (χ2n) is 8.03. The van der Waals surface area contributed by atoms with Crippen molar-refractivity contribution >= 4 is 44.3 Å². The molecule has 2 heterocycles. The molecule has 0 saturated heterocycles. The van der Waals surface area contributed by atoms with Gasteiger partial charge in [0.2, 0.25) is 0 Å². The number of halogens is 6. The van der Waals surface area contributed by atoms with Gasteiger partial charge in [0.25, 0.3) is 11.8 Å². The summed E-state index contributed by atoms with van der Waals surface area (Å²) >= 11 is 3.24. The molecule has 3 N–H and O–H groups in total. The maximum absolute atomic E-state index is 14.4. The molecule has 2 aromatic carbocycles. The lowest BCUT2D eigenvalue weighted by molar-refractivity contribution is -0.140. The summed E-state index contributed by atoms with van der Waals surface area (Å²) < 4.78 is 71.6. The molecular formula is C24H14BrF5N6O2. The van der Waals surface area contributed by atoms with Crippen LogP contribution in [0.5, 0.6) is 0 Å². The van der Waals surface area contributed by atoms with Crippen molar-refractivity contribution in [3.63, 3.8) is 0 Å². The number of nitriles is 1. The molecule has 194 valence electrons. The number of hydrogen-bond donors (Lipinski definition) is 2. The van der Waals surface area contributed by atoms with Gasteiger partial charge in [-0.3, -0.25) is 14.3 Å². The second-order valence-corrected chi connectivity index (χ2v) is 8.95. The quantitative estimate of drug-likeness (QED) is 0.313. The number of carbonyl (C=O) groups is 2. The third-order valence-electron chi connectivity index (χ3n) is 5.56. The molecule has 2 amide bonds. The molecule has 4 rings (SSSR count). The van der Waals surface area contributed by atoms with E-state index in [9.17, 15) is 31.5 Å². The lowest BCUT2D eigenvalue weighted by atomic mass is 10.1. The number of carbonyl (C=O) groups excluding carboxylic acids is 2. The zero-order valence-corrected chi connectivity index (χ0v) is 20.7.